The Bertz CT molecular complexity index is 464. The second-order valence-corrected chi connectivity index (χ2v) is 4.92. The van der Waals surface area contributed by atoms with Gasteiger partial charge in [0.2, 0.25) is 0 Å². The minimum atomic E-state index is 1.09. The molecule has 1 heteroatoms. The Morgan fingerprint density at radius 3 is 2.41 bits per heavy atom. The van der Waals surface area contributed by atoms with Gasteiger partial charge in [-0.3, -0.25) is 0 Å². The molecule has 0 saturated carbocycles. The van der Waals surface area contributed by atoms with Crippen LogP contribution >= 0.6 is 11.8 Å². The summed E-state index contributed by atoms with van der Waals surface area (Å²) < 4.78 is 0. The lowest BCUT2D eigenvalue weighted by Crippen LogP contribution is -1.90. The highest BCUT2D eigenvalue weighted by atomic mass is 32.2. The Morgan fingerprint density at radius 1 is 1.29 bits per heavy atom. The van der Waals surface area contributed by atoms with Crippen molar-refractivity contribution in [3.63, 3.8) is 0 Å². The highest BCUT2D eigenvalue weighted by Crippen LogP contribution is 2.32. The maximum Gasteiger partial charge on any atom is 0.0147 e. The minimum Gasteiger partial charge on any atom is -0.129 e. The molecule has 0 heterocycles. The van der Waals surface area contributed by atoms with Gasteiger partial charge in [-0.1, -0.05) is 42.5 Å². The third kappa shape index (κ3) is 3.64. The zero-order valence-electron chi connectivity index (χ0n) is 11.1. The SMILES string of the molecule is C=C(C)C=C(SC)C(=CC)c1ccccc1C. The van der Waals surface area contributed by atoms with E-state index in [1.807, 2.05) is 6.92 Å². The molecule has 90 valence electrons. The molecule has 1 aromatic rings. The Balaban J connectivity index is 3.26. The van der Waals surface area contributed by atoms with E-state index in [-0.39, 0.29) is 0 Å². The first-order valence-corrected chi connectivity index (χ1v) is 6.96. The molecule has 0 radical (unpaired) electrons. The van der Waals surface area contributed by atoms with Crippen molar-refractivity contribution >= 4 is 17.3 Å². The van der Waals surface area contributed by atoms with Crippen LogP contribution in [0.5, 0.6) is 0 Å². The van der Waals surface area contributed by atoms with Crippen molar-refractivity contribution in [2.45, 2.75) is 20.8 Å². The van der Waals surface area contributed by atoms with Gasteiger partial charge in [0.25, 0.3) is 0 Å². The van der Waals surface area contributed by atoms with Gasteiger partial charge in [0.05, 0.1) is 0 Å². The first-order chi connectivity index (χ1) is 8.10. The smallest absolute Gasteiger partial charge is 0.0147 e. The Morgan fingerprint density at radius 2 is 1.94 bits per heavy atom. The van der Waals surface area contributed by atoms with Gasteiger partial charge in [0.1, 0.15) is 0 Å². The van der Waals surface area contributed by atoms with Crippen LogP contribution in [0.15, 0.2) is 53.5 Å². The molecule has 0 nitrogen and oxygen atoms in total. The van der Waals surface area contributed by atoms with Crippen molar-refractivity contribution in [2.24, 2.45) is 0 Å². The second-order valence-electron chi connectivity index (χ2n) is 4.08. The normalized spacial score (nSPS) is 12.7. The number of thioether (sulfide) groups is 1. The summed E-state index contributed by atoms with van der Waals surface area (Å²) in [5, 5.41) is 0. The first kappa shape index (κ1) is 13.9. The van der Waals surface area contributed by atoms with E-state index in [9.17, 15) is 0 Å². The van der Waals surface area contributed by atoms with Gasteiger partial charge in [-0.15, -0.1) is 11.8 Å². The van der Waals surface area contributed by atoms with Crippen LogP contribution in [-0.4, -0.2) is 6.26 Å². The average Bonchev–Trinajstić information content (AvgIpc) is 2.30. The van der Waals surface area contributed by atoms with Crippen LogP contribution in [0.1, 0.15) is 25.0 Å². The summed E-state index contributed by atoms with van der Waals surface area (Å²) in [5.74, 6) is 0. The van der Waals surface area contributed by atoms with Crippen LogP contribution in [-0.2, 0) is 0 Å². The molecule has 0 bridgehead atoms. The molecule has 0 N–H and O–H groups in total. The summed E-state index contributed by atoms with van der Waals surface area (Å²) in [6.07, 6.45) is 6.43. The number of allylic oxidation sites excluding steroid dienone is 4. The summed E-state index contributed by atoms with van der Waals surface area (Å²) >= 11 is 1.77. The predicted molar refractivity (Wildman–Crippen MR) is 81.2 cm³/mol. The maximum absolute atomic E-state index is 3.96. The van der Waals surface area contributed by atoms with E-state index in [0.717, 1.165) is 5.57 Å². The number of benzene rings is 1. The highest BCUT2D eigenvalue weighted by molar-refractivity contribution is 8.03. The van der Waals surface area contributed by atoms with E-state index in [1.165, 1.54) is 21.6 Å². The molecule has 1 rings (SSSR count). The third-order valence-electron chi connectivity index (χ3n) is 2.59. The fraction of sp³-hybridized carbons (Fsp3) is 0.250. The van der Waals surface area contributed by atoms with Crippen molar-refractivity contribution < 1.29 is 0 Å². The fourth-order valence-corrected chi connectivity index (χ4v) is 2.54. The fourth-order valence-electron chi connectivity index (χ4n) is 1.78. The van der Waals surface area contributed by atoms with Gasteiger partial charge in [0.15, 0.2) is 0 Å². The number of hydrogen-bond donors (Lipinski definition) is 0. The summed E-state index contributed by atoms with van der Waals surface area (Å²) in [5.41, 5.74) is 4.99. The third-order valence-corrected chi connectivity index (χ3v) is 3.36. The lowest BCUT2D eigenvalue weighted by Gasteiger charge is -2.13. The van der Waals surface area contributed by atoms with E-state index in [1.54, 1.807) is 11.8 Å². The molecular formula is C16H20S. The molecule has 0 atom stereocenters. The van der Waals surface area contributed by atoms with Crippen molar-refractivity contribution in [1.82, 2.24) is 0 Å². The maximum atomic E-state index is 3.96. The first-order valence-electron chi connectivity index (χ1n) is 5.74. The molecule has 0 unspecified atom stereocenters. The van der Waals surface area contributed by atoms with E-state index >= 15 is 0 Å². The van der Waals surface area contributed by atoms with E-state index in [0.29, 0.717) is 0 Å². The molecule has 0 fully saturated rings. The van der Waals surface area contributed by atoms with Gasteiger partial charge in [0, 0.05) is 4.91 Å². The van der Waals surface area contributed by atoms with Gasteiger partial charge < -0.3 is 0 Å². The lowest BCUT2D eigenvalue weighted by atomic mass is 9.99. The second kappa shape index (κ2) is 6.51. The molecule has 0 aromatic heterocycles. The molecular weight excluding hydrogens is 224 g/mol. The molecule has 0 aliphatic rings. The van der Waals surface area contributed by atoms with Gasteiger partial charge in [-0.2, -0.15) is 0 Å². The van der Waals surface area contributed by atoms with E-state index in [2.05, 4.69) is 63.1 Å². The molecule has 1 aromatic carbocycles. The van der Waals surface area contributed by atoms with Crippen molar-refractivity contribution in [3.8, 4) is 0 Å². The summed E-state index contributed by atoms with van der Waals surface area (Å²) in [4.78, 5) is 1.27. The number of hydrogen-bond acceptors (Lipinski definition) is 1. The molecule has 0 saturated heterocycles. The Hall–Kier alpha value is -1.21. The zero-order chi connectivity index (χ0) is 12.8. The quantitative estimate of drug-likeness (QED) is 0.654. The number of rotatable bonds is 4. The van der Waals surface area contributed by atoms with E-state index in [4.69, 9.17) is 0 Å². The highest BCUT2D eigenvalue weighted by Gasteiger charge is 2.08. The largest absolute Gasteiger partial charge is 0.129 e. The lowest BCUT2D eigenvalue weighted by molar-refractivity contribution is 1.42. The van der Waals surface area contributed by atoms with Crippen molar-refractivity contribution in [1.29, 1.82) is 0 Å². The molecule has 0 aliphatic carbocycles. The van der Waals surface area contributed by atoms with Crippen LogP contribution in [0.25, 0.3) is 5.57 Å². The molecule has 0 amide bonds. The summed E-state index contributed by atoms with van der Waals surface area (Å²) in [7, 11) is 0. The van der Waals surface area contributed by atoms with E-state index < -0.39 is 0 Å². The standard InChI is InChI=1S/C16H20S/c1-6-14(16(17-5)11-12(2)3)15-10-8-7-9-13(15)4/h6-11H,2H2,1,3-5H3. The summed E-state index contributed by atoms with van der Waals surface area (Å²) in [6.45, 7) is 10.2. The van der Waals surface area contributed by atoms with Gasteiger partial charge in [-0.25, -0.2) is 0 Å². The molecule has 0 spiro atoms. The van der Waals surface area contributed by atoms with Crippen molar-refractivity contribution in [3.05, 3.63) is 64.6 Å². The predicted octanol–water partition coefficient (Wildman–Crippen LogP) is 5.22. The Labute approximate surface area is 109 Å². The van der Waals surface area contributed by atoms with Crippen LogP contribution in [0.2, 0.25) is 0 Å². The van der Waals surface area contributed by atoms with Crippen LogP contribution in [0.4, 0.5) is 0 Å². The topological polar surface area (TPSA) is 0 Å². The van der Waals surface area contributed by atoms with Crippen molar-refractivity contribution in [2.75, 3.05) is 6.26 Å². The molecule has 17 heavy (non-hydrogen) atoms. The van der Waals surface area contributed by atoms with Crippen LogP contribution in [0.3, 0.4) is 0 Å². The van der Waals surface area contributed by atoms with Gasteiger partial charge in [-0.05, 0) is 49.8 Å². The van der Waals surface area contributed by atoms with Crippen LogP contribution in [0, 0.1) is 6.92 Å². The monoisotopic (exact) mass is 244 g/mol. The van der Waals surface area contributed by atoms with Gasteiger partial charge >= 0.3 is 0 Å². The Kier molecular flexibility index (Phi) is 5.30. The average molecular weight is 244 g/mol. The van der Waals surface area contributed by atoms with Crippen LogP contribution < -0.4 is 0 Å². The summed E-state index contributed by atoms with van der Waals surface area (Å²) in [6, 6.07) is 8.49. The zero-order valence-corrected chi connectivity index (χ0v) is 11.9. The number of aryl methyl sites for hydroxylation is 1. The minimum absolute atomic E-state index is 1.09. The molecule has 0 aliphatic heterocycles.